The number of phenolic OH excluding ortho intramolecular Hbond substituents is 5. The van der Waals surface area contributed by atoms with Gasteiger partial charge in [-0.05, 0) is 49.4 Å². The zero-order valence-electron chi connectivity index (χ0n) is 22.4. The normalized spacial score (nSPS) is 29.2. The van der Waals surface area contributed by atoms with Gasteiger partial charge < -0.3 is 44.2 Å². The topological polar surface area (TPSA) is 162 Å². The number of aromatic hydroxyl groups is 5. The number of rotatable bonds is 2. The van der Waals surface area contributed by atoms with E-state index in [1.165, 1.54) is 36.4 Å². The van der Waals surface area contributed by atoms with E-state index in [1.807, 2.05) is 0 Å². The second-order valence-electron chi connectivity index (χ2n) is 11.7. The van der Waals surface area contributed by atoms with Crippen LogP contribution in [0.25, 0.3) is 22.3 Å². The Morgan fingerprint density at radius 1 is 0.767 bits per heavy atom. The standard InChI is InChI=1S/C33H22O10/c1-31-29(18-7-5-17(35)13-24(18)41-31)32-27(30(31)39)26-22(38)9-15(23-10-14-3-2-4-20(36)28(14)40-23)11-25(26)42-33(32,43-32)19-8-6-16(34)12-21(19)37/h2-13,27,29,34-38H,1H3. The number of benzene rings is 4. The number of furan rings is 1. The molecule has 10 heteroatoms. The highest BCUT2D eigenvalue weighted by Crippen LogP contribution is 2.80. The van der Waals surface area contributed by atoms with Crippen LogP contribution in [0, 0.1) is 0 Å². The molecule has 0 amide bonds. The molecule has 1 aromatic heterocycles. The summed E-state index contributed by atoms with van der Waals surface area (Å²) in [4.78, 5) is 14.5. The lowest BCUT2D eigenvalue weighted by molar-refractivity contribution is -0.130. The van der Waals surface area contributed by atoms with Gasteiger partial charge in [-0.1, -0.05) is 18.2 Å². The Labute approximate surface area is 242 Å². The number of hydrogen-bond donors (Lipinski definition) is 5. The SMILES string of the molecule is CC12Oc3cc(O)ccc3C1C13OC1(c1ccc(O)cc1O)Oc1cc(-c4cc5cccc(O)c5o4)cc(O)c1C3C2=O. The molecule has 0 radical (unpaired) electrons. The van der Waals surface area contributed by atoms with Crippen molar-refractivity contribution < 1.29 is 49.0 Å². The second kappa shape index (κ2) is 7.34. The van der Waals surface area contributed by atoms with Crippen LogP contribution in [0.1, 0.15) is 35.4 Å². The van der Waals surface area contributed by atoms with Gasteiger partial charge in [-0.3, -0.25) is 4.79 Å². The Balaban J connectivity index is 1.29. The molecule has 5 aromatic rings. The molecule has 4 heterocycles. The minimum atomic E-state index is -1.71. The number of ketones is 1. The van der Waals surface area contributed by atoms with Crippen LogP contribution in [0.5, 0.6) is 40.2 Å². The molecule has 214 valence electrons. The molecule has 10 nitrogen and oxygen atoms in total. The molecule has 5 unspecified atom stereocenters. The van der Waals surface area contributed by atoms with Crippen molar-refractivity contribution in [1.29, 1.82) is 0 Å². The van der Waals surface area contributed by atoms with Crippen molar-refractivity contribution in [2.24, 2.45) is 0 Å². The molecule has 3 aliphatic heterocycles. The first-order chi connectivity index (χ1) is 20.6. The number of fused-ring (bicyclic) bond motifs is 6. The van der Waals surface area contributed by atoms with Gasteiger partial charge in [0.15, 0.2) is 28.3 Å². The van der Waals surface area contributed by atoms with Crippen LogP contribution in [-0.2, 0) is 15.3 Å². The van der Waals surface area contributed by atoms with E-state index < -0.39 is 28.8 Å². The van der Waals surface area contributed by atoms with Crippen LogP contribution in [0.2, 0.25) is 0 Å². The van der Waals surface area contributed by atoms with E-state index in [2.05, 4.69) is 0 Å². The fourth-order valence-corrected chi connectivity index (χ4v) is 7.66. The van der Waals surface area contributed by atoms with Crippen molar-refractivity contribution in [2.45, 2.75) is 35.7 Å². The fraction of sp³-hybridized carbons (Fsp3) is 0.182. The molecule has 43 heavy (non-hydrogen) atoms. The Morgan fingerprint density at radius 2 is 1.56 bits per heavy atom. The van der Waals surface area contributed by atoms with Crippen LogP contribution in [0.15, 0.2) is 77.2 Å². The molecule has 2 fully saturated rings. The molecule has 1 saturated carbocycles. The zero-order valence-corrected chi connectivity index (χ0v) is 22.4. The lowest BCUT2D eigenvalue weighted by Crippen LogP contribution is -2.41. The van der Waals surface area contributed by atoms with E-state index in [0.29, 0.717) is 28.0 Å². The summed E-state index contributed by atoms with van der Waals surface area (Å²) in [5.41, 5.74) is -1.21. The maximum atomic E-state index is 14.5. The lowest BCUT2D eigenvalue weighted by atomic mass is 9.72. The monoisotopic (exact) mass is 578 g/mol. The first-order valence-electron chi connectivity index (χ1n) is 13.6. The van der Waals surface area contributed by atoms with Gasteiger partial charge in [0.25, 0.3) is 5.79 Å². The molecule has 0 bridgehead atoms. The minimum absolute atomic E-state index is 0.0303. The van der Waals surface area contributed by atoms with Crippen LogP contribution in [-0.4, -0.2) is 42.5 Å². The summed E-state index contributed by atoms with van der Waals surface area (Å²) in [5.74, 6) is -3.88. The van der Waals surface area contributed by atoms with E-state index >= 15 is 0 Å². The Kier molecular flexibility index (Phi) is 4.14. The van der Waals surface area contributed by atoms with Crippen molar-refractivity contribution in [3.63, 3.8) is 0 Å². The number of para-hydroxylation sites is 1. The molecule has 1 aliphatic carbocycles. The average Bonchev–Trinajstić information content (AvgIpc) is 3.19. The summed E-state index contributed by atoms with van der Waals surface area (Å²) in [6.45, 7) is 1.65. The van der Waals surface area contributed by atoms with Crippen molar-refractivity contribution in [2.75, 3.05) is 0 Å². The summed E-state index contributed by atoms with van der Waals surface area (Å²) in [7, 11) is 0. The maximum Gasteiger partial charge on any atom is 0.273 e. The van der Waals surface area contributed by atoms with Crippen LogP contribution >= 0.6 is 0 Å². The lowest BCUT2D eigenvalue weighted by Gasteiger charge is -2.32. The van der Waals surface area contributed by atoms with E-state index in [1.54, 1.807) is 37.3 Å². The number of carbonyl (C=O) groups is 1. The van der Waals surface area contributed by atoms with Gasteiger partial charge >= 0.3 is 0 Å². The smallest absolute Gasteiger partial charge is 0.273 e. The predicted octanol–water partition coefficient (Wildman–Crippen LogP) is 5.24. The second-order valence-corrected chi connectivity index (χ2v) is 11.7. The van der Waals surface area contributed by atoms with Crippen molar-refractivity contribution in [3.05, 3.63) is 89.5 Å². The molecule has 4 aromatic carbocycles. The molecule has 5 atom stereocenters. The summed E-state index contributed by atoms with van der Waals surface area (Å²) in [6.07, 6.45) is 0. The van der Waals surface area contributed by atoms with Gasteiger partial charge in [0.2, 0.25) is 0 Å². The van der Waals surface area contributed by atoms with Gasteiger partial charge in [0.1, 0.15) is 40.3 Å². The van der Waals surface area contributed by atoms with Gasteiger partial charge in [-0.25, -0.2) is 0 Å². The molecular formula is C33H22O10. The Morgan fingerprint density at radius 3 is 2.35 bits per heavy atom. The summed E-state index contributed by atoms with van der Waals surface area (Å²) in [6, 6.07) is 18.4. The first-order valence-corrected chi connectivity index (χ1v) is 13.6. The van der Waals surface area contributed by atoms with Crippen LogP contribution in [0.3, 0.4) is 0 Å². The largest absolute Gasteiger partial charge is 0.508 e. The fourth-order valence-electron chi connectivity index (χ4n) is 7.66. The number of carbonyl (C=O) groups excluding carboxylic acids is 1. The van der Waals surface area contributed by atoms with Gasteiger partial charge in [0.05, 0.1) is 17.4 Å². The summed E-state index contributed by atoms with van der Waals surface area (Å²) < 4.78 is 25.4. The highest BCUT2D eigenvalue weighted by Gasteiger charge is 2.92. The Hall–Kier alpha value is -5.35. The number of epoxide rings is 1. The first kappa shape index (κ1) is 24.3. The predicted molar refractivity (Wildman–Crippen MR) is 149 cm³/mol. The van der Waals surface area contributed by atoms with E-state index in [4.69, 9.17) is 18.6 Å². The highest BCUT2D eigenvalue weighted by molar-refractivity contribution is 6.03. The zero-order chi connectivity index (χ0) is 29.6. The molecule has 4 aliphatic rings. The maximum absolute atomic E-state index is 14.5. The van der Waals surface area contributed by atoms with Crippen LogP contribution in [0.4, 0.5) is 0 Å². The van der Waals surface area contributed by atoms with Crippen molar-refractivity contribution >= 4 is 16.8 Å². The van der Waals surface area contributed by atoms with E-state index in [9.17, 15) is 30.3 Å². The van der Waals surface area contributed by atoms with Gasteiger partial charge in [-0.15, -0.1) is 0 Å². The Bertz CT molecular complexity index is 2100. The highest BCUT2D eigenvalue weighted by atomic mass is 16.8. The minimum Gasteiger partial charge on any atom is -0.508 e. The van der Waals surface area contributed by atoms with E-state index in [0.717, 1.165) is 6.07 Å². The van der Waals surface area contributed by atoms with E-state index in [-0.39, 0.29) is 57.0 Å². The number of hydrogen-bond acceptors (Lipinski definition) is 10. The molecule has 1 spiro atoms. The van der Waals surface area contributed by atoms with Crippen molar-refractivity contribution in [3.8, 4) is 51.6 Å². The van der Waals surface area contributed by atoms with Gasteiger partial charge in [0, 0.05) is 34.2 Å². The third-order valence-corrected chi connectivity index (χ3v) is 9.38. The molecule has 1 saturated heterocycles. The average molecular weight is 579 g/mol. The number of phenols is 5. The summed E-state index contributed by atoms with van der Waals surface area (Å²) in [5, 5.41) is 53.6. The van der Waals surface area contributed by atoms with Crippen LogP contribution < -0.4 is 9.47 Å². The summed E-state index contributed by atoms with van der Waals surface area (Å²) >= 11 is 0. The molecule has 5 N–H and O–H groups in total. The molecular weight excluding hydrogens is 556 g/mol. The third-order valence-electron chi connectivity index (χ3n) is 9.38. The number of ether oxygens (including phenoxy) is 3. The van der Waals surface area contributed by atoms with Crippen molar-refractivity contribution in [1.82, 2.24) is 0 Å². The number of Topliss-reactive ketones (excluding diaryl/α,β-unsaturated/α-hetero) is 1. The third kappa shape index (κ3) is 2.70. The quantitative estimate of drug-likeness (QED) is 0.175. The molecule has 9 rings (SSSR count). The van der Waals surface area contributed by atoms with Gasteiger partial charge in [-0.2, -0.15) is 0 Å².